The lowest BCUT2D eigenvalue weighted by atomic mass is 10.1. The minimum Gasteiger partial charge on any atom is -0.385 e. The highest BCUT2D eigenvalue weighted by Crippen LogP contribution is 2.18. The number of amides is 1. The number of para-hydroxylation sites is 1. The van der Waals surface area contributed by atoms with Gasteiger partial charge in [0.2, 0.25) is 0 Å². The molecule has 0 saturated heterocycles. The third kappa shape index (κ3) is 4.63. The van der Waals surface area contributed by atoms with E-state index in [4.69, 9.17) is 0 Å². The Kier molecular flexibility index (Phi) is 6.25. The summed E-state index contributed by atoms with van der Waals surface area (Å²) in [7, 11) is 0. The molecule has 3 N–H and O–H groups in total. The van der Waals surface area contributed by atoms with Gasteiger partial charge in [0.1, 0.15) is 5.69 Å². The van der Waals surface area contributed by atoms with Crippen LogP contribution in [0, 0.1) is 0 Å². The van der Waals surface area contributed by atoms with Crippen LogP contribution in [0.4, 0.5) is 5.69 Å². The lowest BCUT2D eigenvalue weighted by Crippen LogP contribution is -2.25. The number of pyridine rings is 1. The summed E-state index contributed by atoms with van der Waals surface area (Å²) in [6, 6.07) is 12.0. The van der Waals surface area contributed by atoms with Crippen molar-refractivity contribution in [2.45, 2.75) is 32.6 Å². The number of nitrogens with zero attached hydrogens (tertiary/aromatic N) is 1. The van der Waals surface area contributed by atoms with Gasteiger partial charge in [0.05, 0.1) is 0 Å². The second-order valence-corrected chi connectivity index (χ2v) is 6.43. The maximum atomic E-state index is 12.2. The number of carbonyl (C=O) groups is 1. The lowest BCUT2D eigenvalue weighted by Gasteiger charge is -2.08. The van der Waals surface area contributed by atoms with Gasteiger partial charge in [-0.3, -0.25) is 9.78 Å². The molecule has 2 aromatic heterocycles. The van der Waals surface area contributed by atoms with Gasteiger partial charge in [0.25, 0.3) is 5.91 Å². The molecule has 0 saturated carbocycles. The van der Waals surface area contributed by atoms with Crippen molar-refractivity contribution in [2.75, 3.05) is 18.4 Å². The minimum atomic E-state index is -0.110. The zero-order valence-electron chi connectivity index (χ0n) is 15.2. The molecule has 3 aromatic rings. The first-order chi connectivity index (χ1) is 12.8. The van der Waals surface area contributed by atoms with Crippen LogP contribution in [-0.4, -0.2) is 29.0 Å². The van der Waals surface area contributed by atoms with Crippen molar-refractivity contribution >= 4 is 22.5 Å². The molecule has 2 heterocycles. The number of hydrogen-bond acceptors (Lipinski definition) is 3. The molecule has 0 atom stereocenters. The third-order valence-electron chi connectivity index (χ3n) is 4.46. The Morgan fingerprint density at radius 3 is 2.92 bits per heavy atom. The Hall–Kier alpha value is -2.82. The predicted molar refractivity (Wildman–Crippen MR) is 107 cm³/mol. The topological polar surface area (TPSA) is 69.8 Å². The number of hydrogen-bond donors (Lipinski definition) is 3. The standard InChI is InChI=1S/C21H26N4O/c1-2-3-6-11-24-21(26)20-14-17(10-13-23-20)22-12-9-16-15-25-19-8-5-4-7-18(16)19/h4-5,7-8,10,13-15,25H,2-3,6,9,11-12H2,1H3,(H,22,23)(H,24,26). The molecule has 0 radical (unpaired) electrons. The zero-order valence-corrected chi connectivity index (χ0v) is 15.2. The smallest absolute Gasteiger partial charge is 0.269 e. The zero-order chi connectivity index (χ0) is 18.2. The fourth-order valence-corrected chi connectivity index (χ4v) is 3.01. The maximum absolute atomic E-state index is 12.2. The number of H-pyrrole nitrogens is 1. The van der Waals surface area contributed by atoms with Gasteiger partial charge in [-0.25, -0.2) is 0 Å². The number of nitrogens with one attached hydrogen (secondary N) is 3. The SMILES string of the molecule is CCCCCNC(=O)c1cc(NCCc2c[nH]c3ccccc23)ccn1. The molecule has 5 heteroatoms. The number of fused-ring (bicyclic) bond motifs is 1. The summed E-state index contributed by atoms with van der Waals surface area (Å²) < 4.78 is 0. The van der Waals surface area contributed by atoms with Crippen LogP contribution < -0.4 is 10.6 Å². The first-order valence-corrected chi connectivity index (χ1v) is 9.31. The van der Waals surface area contributed by atoms with Crippen LogP contribution in [0.15, 0.2) is 48.8 Å². The van der Waals surface area contributed by atoms with E-state index in [9.17, 15) is 4.79 Å². The van der Waals surface area contributed by atoms with Crippen molar-refractivity contribution in [2.24, 2.45) is 0 Å². The molecule has 0 aliphatic heterocycles. The average molecular weight is 350 g/mol. The second-order valence-electron chi connectivity index (χ2n) is 6.43. The normalized spacial score (nSPS) is 10.8. The largest absolute Gasteiger partial charge is 0.385 e. The maximum Gasteiger partial charge on any atom is 0.269 e. The Morgan fingerprint density at radius 1 is 1.15 bits per heavy atom. The minimum absolute atomic E-state index is 0.110. The first-order valence-electron chi connectivity index (χ1n) is 9.31. The van der Waals surface area contributed by atoms with Gasteiger partial charge in [0.15, 0.2) is 0 Å². The van der Waals surface area contributed by atoms with Crippen molar-refractivity contribution in [3.8, 4) is 0 Å². The number of benzene rings is 1. The van der Waals surface area contributed by atoms with Gasteiger partial charge in [-0.05, 0) is 36.6 Å². The van der Waals surface area contributed by atoms with E-state index in [0.29, 0.717) is 12.2 Å². The van der Waals surface area contributed by atoms with Gasteiger partial charge >= 0.3 is 0 Å². The van der Waals surface area contributed by atoms with E-state index >= 15 is 0 Å². The van der Waals surface area contributed by atoms with Crippen LogP contribution in [0.3, 0.4) is 0 Å². The second kappa shape index (κ2) is 9.04. The van der Waals surface area contributed by atoms with Gasteiger partial charge in [-0.15, -0.1) is 0 Å². The third-order valence-corrected chi connectivity index (χ3v) is 4.46. The lowest BCUT2D eigenvalue weighted by molar-refractivity contribution is 0.0948. The molecule has 3 rings (SSSR count). The van der Waals surface area contributed by atoms with Gasteiger partial charge in [-0.2, -0.15) is 0 Å². The Bertz CT molecular complexity index is 856. The molecule has 1 amide bonds. The summed E-state index contributed by atoms with van der Waals surface area (Å²) >= 11 is 0. The van der Waals surface area contributed by atoms with Crippen molar-refractivity contribution < 1.29 is 4.79 Å². The summed E-state index contributed by atoms with van der Waals surface area (Å²) in [6.07, 6.45) is 7.92. The highest BCUT2D eigenvalue weighted by atomic mass is 16.1. The van der Waals surface area contributed by atoms with Crippen LogP contribution in [0.2, 0.25) is 0 Å². The quantitative estimate of drug-likeness (QED) is 0.508. The van der Waals surface area contributed by atoms with Gasteiger partial charge in [-0.1, -0.05) is 38.0 Å². The highest BCUT2D eigenvalue weighted by molar-refractivity contribution is 5.93. The molecular weight excluding hydrogens is 324 g/mol. The molecule has 0 aliphatic rings. The number of carbonyl (C=O) groups excluding carboxylic acids is 1. The van der Waals surface area contributed by atoms with E-state index in [1.54, 1.807) is 6.20 Å². The highest BCUT2D eigenvalue weighted by Gasteiger charge is 2.07. The van der Waals surface area contributed by atoms with E-state index < -0.39 is 0 Å². The van der Waals surface area contributed by atoms with E-state index in [1.165, 1.54) is 10.9 Å². The number of aromatic amines is 1. The van der Waals surface area contributed by atoms with Crippen LogP contribution in [0.1, 0.15) is 42.2 Å². The molecule has 0 fully saturated rings. The van der Waals surface area contributed by atoms with Gasteiger partial charge in [0, 0.05) is 42.1 Å². The van der Waals surface area contributed by atoms with E-state index in [2.05, 4.69) is 51.9 Å². The van der Waals surface area contributed by atoms with Crippen molar-refractivity contribution in [1.82, 2.24) is 15.3 Å². The summed E-state index contributed by atoms with van der Waals surface area (Å²) in [4.78, 5) is 19.6. The number of unbranched alkanes of at least 4 members (excludes halogenated alkanes) is 2. The summed E-state index contributed by atoms with van der Waals surface area (Å²) in [5.41, 5.74) is 3.82. The number of anilines is 1. The van der Waals surface area contributed by atoms with Crippen LogP contribution in [0.25, 0.3) is 10.9 Å². The molecule has 0 unspecified atom stereocenters. The fraction of sp³-hybridized carbons (Fsp3) is 0.333. The Labute approximate surface area is 154 Å². The first kappa shape index (κ1) is 18.0. The van der Waals surface area contributed by atoms with Crippen LogP contribution in [0.5, 0.6) is 0 Å². The van der Waals surface area contributed by atoms with Crippen LogP contribution >= 0.6 is 0 Å². The van der Waals surface area contributed by atoms with E-state index in [-0.39, 0.29) is 5.91 Å². The molecule has 26 heavy (non-hydrogen) atoms. The van der Waals surface area contributed by atoms with Crippen molar-refractivity contribution in [1.29, 1.82) is 0 Å². The van der Waals surface area contributed by atoms with Crippen molar-refractivity contribution in [3.63, 3.8) is 0 Å². The molecule has 0 spiro atoms. The average Bonchev–Trinajstić information content (AvgIpc) is 3.09. The molecule has 0 bridgehead atoms. The summed E-state index contributed by atoms with van der Waals surface area (Å²) in [6.45, 7) is 3.64. The van der Waals surface area contributed by atoms with Gasteiger partial charge < -0.3 is 15.6 Å². The van der Waals surface area contributed by atoms with E-state index in [1.807, 2.05) is 18.2 Å². The molecule has 1 aromatic carbocycles. The Balaban J connectivity index is 1.53. The fourth-order valence-electron chi connectivity index (χ4n) is 3.01. The number of rotatable bonds is 9. The Morgan fingerprint density at radius 2 is 2.04 bits per heavy atom. The monoisotopic (exact) mass is 350 g/mol. The molecular formula is C21H26N4O. The summed E-state index contributed by atoms with van der Waals surface area (Å²) in [5.74, 6) is -0.110. The number of aromatic nitrogens is 2. The molecule has 5 nitrogen and oxygen atoms in total. The van der Waals surface area contributed by atoms with Crippen molar-refractivity contribution in [3.05, 3.63) is 60.0 Å². The molecule has 0 aliphatic carbocycles. The predicted octanol–water partition coefficient (Wildman–Crippen LogP) is 4.14. The summed E-state index contributed by atoms with van der Waals surface area (Å²) in [5, 5.41) is 7.57. The van der Waals surface area contributed by atoms with Crippen LogP contribution in [-0.2, 0) is 6.42 Å². The molecule has 136 valence electrons. The van der Waals surface area contributed by atoms with E-state index in [0.717, 1.165) is 43.4 Å².